The molecule has 2 aliphatic heterocycles. The SMILES string of the molecule is Cc1nn(C)c2sc(C(=O)N3CCN4C(=O)c5ccncc5C34c3ccc(Cl)cc3)cc12. The maximum Gasteiger partial charge on any atom is 0.266 e. The second-order valence-corrected chi connectivity index (χ2v) is 9.52. The molecule has 0 aliphatic carbocycles. The van der Waals surface area contributed by atoms with Crippen molar-refractivity contribution >= 4 is 45.0 Å². The van der Waals surface area contributed by atoms with Gasteiger partial charge in [0, 0.05) is 54.1 Å². The van der Waals surface area contributed by atoms with Crippen LogP contribution in [0.2, 0.25) is 5.02 Å². The van der Waals surface area contributed by atoms with Crippen LogP contribution in [0.1, 0.15) is 36.9 Å². The molecule has 0 N–H and O–H groups in total. The molecule has 3 aromatic heterocycles. The molecule has 6 rings (SSSR count). The minimum absolute atomic E-state index is 0.0935. The molecule has 0 spiro atoms. The summed E-state index contributed by atoms with van der Waals surface area (Å²) in [5.41, 5.74) is 1.94. The van der Waals surface area contributed by atoms with Crippen molar-refractivity contribution in [3.8, 4) is 0 Å². The summed E-state index contributed by atoms with van der Waals surface area (Å²) in [4.78, 5) is 36.8. The quantitative estimate of drug-likeness (QED) is 0.453. The summed E-state index contributed by atoms with van der Waals surface area (Å²) in [5.74, 6) is -0.211. The molecule has 1 saturated heterocycles. The molecule has 1 unspecified atom stereocenters. The second kappa shape index (κ2) is 6.63. The Balaban J connectivity index is 1.57. The Hall–Kier alpha value is -3.23. The van der Waals surface area contributed by atoms with E-state index in [0.717, 1.165) is 27.0 Å². The normalized spacial score (nSPS) is 19.7. The van der Waals surface area contributed by atoms with E-state index in [9.17, 15) is 9.59 Å². The van der Waals surface area contributed by atoms with Gasteiger partial charge in [-0.25, -0.2) is 0 Å². The van der Waals surface area contributed by atoms with Crippen molar-refractivity contribution in [2.45, 2.75) is 12.6 Å². The lowest BCUT2D eigenvalue weighted by molar-refractivity contribution is 0.0378. The van der Waals surface area contributed by atoms with Crippen LogP contribution >= 0.6 is 22.9 Å². The monoisotopic (exact) mass is 463 g/mol. The lowest BCUT2D eigenvalue weighted by atomic mass is 9.91. The predicted octanol–water partition coefficient (Wildman–Crippen LogP) is 3.80. The van der Waals surface area contributed by atoms with E-state index in [1.165, 1.54) is 11.3 Å². The number of hydrogen-bond acceptors (Lipinski definition) is 5. The van der Waals surface area contributed by atoms with Gasteiger partial charge < -0.3 is 9.80 Å². The molecule has 0 radical (unpaired) electrons. The Labute approximate surface area is 192 Å². The molecule has 7 nitrogen and oxygen atoms in total. The second-order valence-electron chi connectivity index (χ2n) is 8.05. The lowest BCUT2D eigenvalue weighted by Gasteiger charge is -2.40. The van der Waals surface area contributed by atoms with Crippen LogP contribution in [-0.4, -0.2) is 49.5 Å². The number of fused-ring (bicyclic) bond motifs is 4. The van der Waals surface area contributed by atoms with Gasteiger partial charge in [0.1, 0.15) is 4.83 Å². The Morgan fingerprint density at radius 2 is 1.97 bits per heavy atom. The number of pyridine rings is 1. The number of hydrogen-bond donors (Lipinski definition) is 0. The van der Waals surface area contributed by atoms with Crippen molar-refractivity contribution in [3.63, 3.8) is 0 Å². The van der Waals surface area contributed by atoms with Gasteiger partial charge in [0.15, 0.2) is 5.66 Å². The van der Waals surface area contributed by atoms with Gasteiger partial charge in [-0.3, -0.25) is 19.3 Å². The number of halogens is 1. The molecule has 0 saturated carbocycles. The Morgan fingerprint density at radius 1 is 1.19 bits per heavy atom. The molecule has 0 bridgehead atoms. The number of aromatic nitrogens is 3. The molecule has 160 valence electrons. The highest BCUT2D eigenvalue weighted by atomic mass is 35.5. The fraction of sp³-hybridized carbons (Fsp3) is 0.217. The number of amides is 2. The number of carbonyl (C=O) groups excluding carboxylic acids is 2. The maximum absolute atomic E-state index is 14.0. The number of aryl methyl sites for hydroxylation is 2. The van der Waals surface area contributed by atoms with Gasteiger partial charge in [0.25, 0.3) is 11.8 Å². The summed E-state index contributed by atoms with van der Waals surface area (Å²) >= 11 is 7.59. The largest absolute Gasteiger partial charge is 0.306 e. The third-order valence-electron chi connectivity index (χ3n) is 6.40. The summed E-state index contributed by atoms with van der Waals surface area (Å²) in [6.07, 6.45) is 3.31. The van der Waals surface area contributed by atoms with Crippen molar-refractivity contribution < 1.29 is 9.59 Å². The number of carbonyl (C=O) groups is 2. The van der Waals surface area contributed by atoms with Crippen molar-refractivity contribution in [1.82, 2.24) is 24.6 Å². The molecule has 1 aromatic carbocycles. The van der Waals surface area contributed by atoms with E-state index in [2.05, 4.69) is 10.1 Å². The van der Waals surface area contributed by atoms with E-state index < -0.39 is 5.66 Å². The summed E-state index contributed by atoms with van der Waals surface area (Å²) in [6, 6.07) is 11.0. The predicted molar refractivity (Wildman–Crippen MR) is 122 cm³/mol. The average Bonchev–Trinajstić information content (AvgIpc) is 3.52. The number of nitrogens with zero attached hydrogens (tertiary/aromatic N) is 5. The molecule has 32 heavy (non-hydrogen) atoms. The van der Waals surface area contributed by atoms with E-state index in [0.29, 0.717) is 28.6 Å². The van der Waals surface area contributed by atoms with Crippen LogP contribution in [-0.2, 0) is 12.7 Å². The molecular formula is C23H18ClN5O2S. The van der Waals surface area contributed by atoms with E-state index >= 15 is 0 Å². The van der Waals surface area contributed by atoms with Crippen LogP contribution < -0.4 is 0 Å². The Morgan fingerprint density at radius 3 is 2.72 bits per heavy atom. The topological polar surface area (TPSA) is 71.3 Å². The summed E-state index contributed by atoms with van der Waals surface area (Å²) in [5, 5.41) is 6.01. The molecule has 9 heteroatoms. The lowest BCUT2D eigenvalue weighted by Crippen LogP contribution is -2.51. The maximum atomic E-state index is 14.0. The molecular weight excluding hydrogens is 446 g/mol. The van der Waals surface area contributed by atoms with Crippen LogP contribution in [0.25, 0.3) is 10.2 Å². The molecule has 4 aromatic rings. The average molecular weight is 464 g/mol. The molecule has 2 amide bonds. The van der Waals surface area contributed by atoms with Crippen LogP contribution in [0.3, 0.4) is 0 Å². The summed E-state index contributed by atoms with van der Waals surface area (Å²) in [6.45, 7) is 2.80. The van der Waals surface area contributed by atoms with E-state index in [1.807, 2.05) is 32.2 Å². The van der Waals surface area contributed by atoms with Gasteiger partial charge in [-0.1, -0.05) is 23.7 Å². The first-order chi connectivity index (χ1) is 15.4. The number of rotatable bonds is 2. The standard InChI is InChI=1S/C23H18ClN5O2S/c1-13-17-11-19(32-22(17)27(2)26-13)21(31)29-10-9-28-20(30)16-7-8-25-12-18(16)23(28,29)14-3-5-15(24)6-4-14/h3-8,11-12H,9-10H2,1-2H3. The third kappa shape index (κ3) is 2.36. The zero-order valence-corrected chi connectivity index (χ0v) is 18.9. The number of benzene rings is 1. The number of thiophene rings is 1. The van der Waals surface area contributed by atoms with Gasteiger partial charge in [-0.2, -0.15) is 5.10 Å². The first kappa shape index (κ1) is 19.5. The van der Waals surface area contributed by atoms with Crippen molar-refractivity contribution in [3.05, 3.63) is 81.1 Å². The van der Waals surface area contributed by atoms with Gasteiger partial charge in [0.2, 0.25) is 0 Å². The zero-order chi connectivity index (χ0) is 22.2. The summed E-state index contributed by atoms with van der Waals surface area (Å²) in [7, 11) is 1.88. The smallest absolute Gasteiger partial charge is 0.266 e. The third-order valence-corrected chi connectivity index (χ3v) is 7.84. The molecule has 2 aliphatic rings. The molecule has 5 heterocycles. The first-order valence-electron chi connectivity index (χ1n) is 10.2. The fourth-order valence-corrected chi connectivity index (χ4v) is 6.25. The summed E-state index contributed by atoms with van der Waals surface area (Å²) < 4.78 is 1.80. The van der Waals surface area contributed by atoms with Gasteiger partial charge in [0.05, 0.1) is 16.1 Å². The van der Waals surface area contributed by atoms with Gasteiger partial charge in [-0.05, 0) is 31.2 Å². The van der Waals surface area contributed by atoms with Gasteiger partial charge in [-0.15, -0.1) is 11.3 Å². The fourth-order valence-electron chi connectivity index (χ4n) is 5.05. The highest BCUT2D eigenvalue weighted by molar-refractivity contribution is 7.20. The first-order valence-corrected chi connectivity index (χ1v) is 11.4. The zero-order valence-electron chi connectivity index (χ0n) is 17.4. The van der Waals surface area contributed by atoms with Crippen LogP contribution in [0.15, 0.2) is 48.8 Å². The van der Waals surface area contributed by atoms with Crippen LogP contribution in [0.5, 0.6) is 0 Å². The van der Waals surface area contributed by atoms with Crippen molar-refractivity contribution in [2.75, 3.05) is 13.1 Å². The Bertz CT molecular complexity index is 1390. The van der Waals surface area contributed by atoms with E-state index in [1.54, 1.807) is 45.1 Å². The van der Waals surface area contributed by atoms with Crippen molar-refractivity contribution in [1.29, 1.82) is 0 Å². The Kier molecular flexibility index (Phi) is 4.03. The van der Waals surface area contributed by atoms with E-state index in [-0.39, 0.29) is 11.8 Å². The molecule has 1 fully saturated rings. The van der Waals surface area contributed by atoms with Crippen molar-refractivity contribution in [2.24, 2.45) is 7.05 Å². The highest BCUT2D eigenvalue weighted by Crippen LogP contribution is 2.50. The minimum Gasteiger partial charge on any atom is -0.306 e. The van der Waals surface area contributed by atoms with E-state index in [4.69, 9.17) is 11.6 Å². The highest BCUT2D eigenvalue weighted by Gasteiger charge is 2.60. The minimum atomic E-state index is -1.05. The molecule has 1 atom stereocenters. The van der Waals surface area contributed by atoms with Crippen LogP contribution in [0, 0.1) is 6.92 Å². The van der Waals surface area contributed by atoms with Gasteiger partial charge >= 0.3 is 0 Å². The van der Waals surface area contributed by atoms with Crippen LogP contribution in [0.4, 0.5) is 0 Å².